The van der Waals surface area contributed by atoms with Crippen LogP contribution >= 0.6 is 11.6 Å². The van der Waals surface area contributed by atoms with Crippen LogP contribution < -0.4 is 10.1 Å². The van der Waals surface area contributed by atoms with Gasteiger partial charge in [-0.3, -0.25) is 4.79 Å². The van der Waals surface area contributed by atoms with Crippen molar-refractivity contribution in [3.63, 3.8) is 0 Å². The van der Waals surface area contributed by atoms with E-state index in [0.29, 0.717) is 24.5 Å². The van der Waals surface area contributed by atoms with E-state index in [1.807, 2.05) is 0 Å². The van der Waals surface area contributed by atoms with Crippen LogP contribution in [0.1, 0.15) is 26.2 Å². The molecule has 1 aliphatic rings. The summed E-state index contributed by atoms with van der Waals surface area (Å²) in [5.74, 6) is -0.533. The van der Waals surface area contributed by atoms with Crippen molar-refractivity contribution >= 4 is 33.2 Å². The van der Waals surface area contributed by atoms with Gasteiger partial charge < -0.3 is 10.1 Å². The van der Waals surface area contributed by atoms with Crippen LogP contribution in [-0.4, -0.2) is 37.8 Å². The van der Waals surface area contributed by atoms with E-state index in [1.54, 1.807) is 6.92 Å². The first kappa shape index (κ1) is 21.5. The maximum Gasteiger partial charge on any atom is 0.265 e. The molecular weight excluding hydrogens is 419 g/mol. The van der Waals surface area contributed by atoms with Gasteiger partial charge in [0.1, 0.15) is 16.5 Å². The Bertz CT molecular complexity index is 976. The number of hydrogen-bond donors (Lipinski definition) is 1. The van der Waals surface area contributed by atoms with Gasteiger partial charge in [-0.2, -0.15) is 4.31 Å². The largest absolute Gasteiger partial charge is 0.481 e. The van der Waals surface area contributed by atoms with Gasteiger partial charge in [0.2, 0.25) is 10.0 Å². The van der Waals surface area contributed by atoms with Gasteiger partial charge in [0.15, 0.2) is 6.10 Å². The minimum atomic E-state index is -3.74. The smallest absolute Gasteiger partial charge is 0.265 e. The number of piperidine rings is 1. The number of carbonyl (C=O) groups is 1. The number of halogens is 2. The molecule has 1 amide bonds. The molecule has 1 unspecified atom stereocenters. The molecule has 2 aromatic carbocycles. The lowest BCUT2D eigenvalue weighted by Gasteiger charge is -2.26. The standard InChI is InChI=1S/C20H22ClFN2O4S/c1-14(28-17-8-5-15(22)6-9-17)20(25)23-16-7-10-18(21)19(13-16)29(26,27)24-11-3-2-4-12-24/h5-10,13-14H,2-4,11-12H2,1H3,(H,23,25). The molecule has 1 fully saturated rings. The first-order chi connectivity index (χ1) is 13.8. The predicted molar refractivity (Wildman–Crippen MR) is 109 cm³/mol. The molecule has 1 aliphatic heterocycles. The summed E-state index contributed by atoms with van der Waals surface area (Å²) in [6, 6.07) is 9.64. The second-order valence-corrected chi connectivity index (χ2v) is 9.13. The molecule has 156 valence electrons. The minimum absolute atomic E-state index is 0.0361. The monoisotopic (exact) mass is 440 g/mol. The summed E-state index contributed by atoms with van der Waals surface area (Å²) in [7, 11) is -3.74. The lowest BCUT2D eigenvalue weighted by atomic mass is 10.2. The van der Waals surface area contributed by atoms with Crippen LogP contribution in [0, 0.1) is 5.82 Å². The molecule has 3 rings (SSSR count). The van der Waals surface area contributed by atoms with Crippen LogP contribution in [0.25, 0.3) is 0 Å². The van der Waals surface area contributed by atoms with Crippen molar-refractivity contribution < 1.29 is 22.3 Å². The summed E-state index contributed by atoms with van der Waals surface area (Å²) in [6.45, 7) is 2.45. The number of rotatable bonds is 6. The Hall–Kier alpha value is -2.16. The van der Waals surface area contributed by atoms with E-state index in [0.717, 1.165) is 19.3 Å². The Balaban J connectivity index is 1.73. The quantitative estimate of drug-likeness (QED) is 0.735. The molecule has 1 N–H and O–H groups in total. The van der Waals surface area contributed by atoms with Gasteiger partial charge in [0.25, 0.3) is 5.91 Å². The second kappa shape index (κ2) is 9.11. The van der Waals surface area contributed by atoms with Crippen LogP contribution in [0.3, 0.4) is 0 Å². The number of sulfonamides is 1. The summed E-state index contributed by atoms with van der Waals surface area (Å²) in [5, 5.41) is 2.74. The highest BCUT2D eigenvalue weighted by atomic mass is 35.5. The molecule has 0 spiro atoms. The molecule has 29 heavy (non-hydrogen) atoms. The normalized spacial score (nSPS) is 16.2. The van der Waals surface area contributed by atoms with Gasteiger partial charge >= 0.3 is 0 Å². The summed E-state index contributed by atoms with van der Waals surface area (Å²) in [6.07, 6.45) is 1.75. The van der Waals surface area contributed by atoms with Gasteiger partial charge in [0.05, 0.1) is 5.02 Å². The molecule has 0 saturated carbocycles. The Morgan fingerprint density at radius 3 is 2.45 bits per heavy atom. The van der Waals surface area contributed by atoms with E-state index in [1.165, 1.54) is 46.8 Å². The third kappa shape index (κ3) is 5.26. The maximum atomic E-state index is 13.0. The van der Waals surface area contributed by atoms with Gasteiger partial charge in [-0.05, 0) is 62.2 Å². The number of carbonyl (C=O) groups excluding carboxylic acids is 1. The molecule has 0 bridgehead atoms. The van der Waals surface area contributed by atoms with E-state index in [4.69, 9.17) is 16.3 Å². The highest BCUT2D eigenvalue weighted by Gasteiger charge is 2.28. The van der Waals surface area contributed by atoms with Crippen LogP contribution in [-0.2, 0) is 14.8 Å². The number of ether oxygens (including phenoxy) is 1. The van der Waals surface area contributed by atoms with Crippen molar-refractivity contribution in [3.8, 4) is 5.75 Å². The van der Waals surface area contributed by atoms with Crippen molar-refractivity contribution in [1.82, 2.24) is 4.31 Å². The van der Waals surface area contributed by atoms with Gasteiger partial charge in [-0.25, -0.2) is 12.8 Å². The molecule has 0 aliphatic carbocycles. The summed E-state index contributed by atoms with van der Waals surface area (Å²) >= 11 is 6.15. The highest BCUT2D eigenvalue weighted by Crippen LogP contribution is 2.29. The topological polar surface area (TPSA) is 75.7 Å². The van der Waals surface area contributed by atoms with Crippen molar-refractivity contribution in [2.45, 2.75) is 37.2 Å². The van der Waals surface area contributed by atoms with E-state index < -0.39 is 27.9 Å². The van der Waals surface area contributed by atoms with Crippen LogP contribution in [0.2, 0.25) is 5.02 Å². The number of nitrogens with one attached hydrogen (secondary N) is 1. The van der Waals surface area contributed by atoms with Gasteiger partial charge in [0, 0.05) is 18.8 Å². The number of hydrogen-bond acceptors (Lipinski definition) is 4. The number of nitrogens with zero attached hydrogens (tertiary/aromatic N) is 1. The molecule has 0 radical (unpaired) electrons. The molecule has 1 heterocycles. The van der Waals surface area contributed by atoms with Crippen molar-refractivity contribution in [3.05, 3.63) is 53.3 Å². The summed E-state index contributed by atoms with van der Waals surface area (Å²) in [4.78, 5) is 12.4. The lowest BCUT2D eigenvalue weighted by Crippen LogP contribution is -2.35. The zero-order valence-electron chi connectivity index (χ0n) is 15.9. The molecule has 1 saturated heterocycles. The molecule has 2 aromatic rings. The number of anilines is 1. The summed E-state index contributed by atoms with van der Waals surface area (Å²) in [5.41, 5.74) is 0.296. The first-order valence-electron chi connectivity index (χ1n) is 9.30. The van der Waals surface area contributed by atoms with Crippen LogP contribution in [0.15, 0.2) is 47.4 Å². The fourth-order valence-electron chi connectivity index (χ4n) is 3.04. The third-order valence-electron chi connectivity index (χ3n) is 4.63. The van der Waals surface area contributed by atoms with Crippen LogP contribution in [0.5, 0.6) is 5.75 Å². The minimum Gasteiger partial charge on any atom is -0.481 e. The third-order valence-corrected chi connectivity index (χ3v) is 7.01. The zero-order valence-corrected chi connectivity index (χ0v) is 17.5. The first-order valence-corrected chi connectivity index (χ1v) is 11.1. The molecule has 6 nitrogen and oxygen atoms in total. The lowest BCUT2D eigenvalue weighted by molar-refractivity contribution is -0.122. The average molecular weight is 441 g/mol. The van der Waals surface area contributed by atoms with Crippen LogP contribution in [0.4, 0.5) is 10.1 Å². The Labute approximate surface area is 174 Å². The van der Waals surface area contributed by atoms with E-state index in [9.17, 15) is 17.6 Å². The van der Waals surface area contributed by atoms with E-state index >= 15 is 0 Å². The molecule has 9 heteroatoms. The SMILES string of the molecule is CC(Oc1ccc(F)cc1)C(=O)Nc1ccc(Cl)c(S(=O)(=O)N2CCCCC2)c1. The van der Waals surface area contributed by atoms with Crippen molar-refractivity contribution in [2.75, 3.05) is 18.4 Å². The van der Waals surface area contributed by atoms with E-state index in [-0.39, 0.29) is 9.92 Å². The summed E-state index contributed by atoms with van der Waals surface area (Å²) < 4.78 is 45.7. The average Bonchev–Trinajstić information content (AvgIpc) is 2.71. The Kier molecular flexibility index (Phi) is 6.77. The van der Waals surface area contributed by atoms with Crippen molar-refractivity contribution in [2.24, 2.45) is 0 Å². The number of amides is 1. The fourth-order valence-corrected chi connectivity index (χ4v) is 5.06. The van der Waals surface area contributed by atoms with E-state index in [2.05, 4.69) is 5.32 Å². The van der Waals surface area contributed by atoms with Crippen molar-refractivity contribution in [1.29, 1.82) is 0 Å². The Morgan fingerprint density at radius 2 is 1.79 bits per heavy atom. The molecular formula is C20H22ClFN2O4S. The predicted octanol–water partition coefficient (Wildman–Crippen LogP) is 4.06. The Morgan fingerprint density at radius 1 is 1.14 bits per heavy atom. The van der Waals surface area contributed by atoms with Gasteiger partial charge in [-0.15, -0.1) is 0 Å². The van der Waals surface area contributed by atoms with Gasteiger partial charge in [-0.1, -0.05) is 18.0 Å². The maximum absolute atomic E-state index is 13.0. The number of benzene rings is 2. The fraction of sp³-hybridized carbons (Fsp3) is 0.350. The molecule has 1 atom stereocenters. The zero-order chi connectivity index (χ0) is 21.0. The second-order valence-electron chi connectivity index (χ2n) is 6.81. The molecule has 0 aromatic heterocycles. The highest BCUT2D eigenvalue weighted by molar-refractivity contribution is 7.89.